The van der Waals surface area contributed by atoms with Crippen molar-refractivity contribution in [1.29, 1.82) is 5.26 Å². The van der Waals surface area contributed by atoms with Crippen molar-refractivity contribution in [1.82, 2.24) is 9.88 Å². The van der Waals surface area contributed by atoms with Gasteiger partial charge >= 0.3 is 190 Å². The van der Waals surface area contributed by atoms with Gasteiger partial charge < -0.3 is 0 Å². The number of anilines is 2. The van der Waals surface area contributed by atoms with Gasteiger partial charge in [-0.25, -0.2) is 0 Å². The van der Waals surface area contributed by atoms with Crippen LogP contribution in [0.25, 0.3) is 10.9 Å². The molecule has 0 aliphatic carbocycles. The molecule has 0 unspecified atom stereocenters. The number of methoxy groups -OCH3 is 1. The van der Waals surface area contributed by atoms with E-state index < -0.39 is 0 Å². The van der Waals surface area contributed by atoms with Crippen LogP contribution in [0.3, 0.4) is 0 Å². The van der Waals surface area contributed by atoms with E-state index in [-0.39, 0.29) is 32.7 Å². The third-order valence-electron chi connectivity index (χ3n) is 5.42. The van der Waals surface area contributed by atoms with Crippen LogP contribution in [0.5, 0.6) is 11.5 Å². The maximum atomic E-state index is 9.78. The molecule has 1 aliphatic heterocycles. The topological polar surface area (TPSA) is 73.7 Å². The number of nitrogens with zero attached hydrogens (tertiary/aromatic N) is 4. The van der Waals surface area contributed by atoms with Crippen molar-refractivity contribution in [2.75, 3.05) is 50.1 Å². The third kappa shape index (κ3) is 5.77. The molecule has 1 radical (unpaired) electrons. The molecule has 3 aromatic rings. The van der Waals surface area contributed by atoms with Gasteiger partial charge in [-0.1, -0.05) is 0 Å². The first-order valence-electron chi connectivity index (χ1n) is 10.5. The molecule has 4 rings (SSSR count). The van der Waals surface area contributed by atoms with Gasteiger partial charge in [0, 0.05) is 32.7 Å². The summed E-state index contributed by atoms with van der Waals surface area (Å²) < 4.78 is 12.3. The van der Waals surface area contributed by atoms with Gasteiger partial charge in [-0.15, -0.1) is 0 Å². The summed E-state index contributed by atoms with van der Waals surface area (Å²) in [6, 6.07) is 16.9. The molecule has 1 fully saturated rings. The van der Waals surface area contributed by atoms with Crippen LogP contribution >= 0.6 is 0 Å². The molecular weight excluding hydrogens is 530 g/mol. The number of ether oxygens (including phenoxy) is 2. The normalized spacial score (nSPS) is 13.6. The van der Waals surface area contributed by atoms with E-state index in [1.807, 2.05) is 43.3 Å². The minimum absolute atomic E-state index is 0. The fourth-order valence-corrected chi connectivity index (χ4v) is 4.37. The van der Waals surface area contributed by atoms with E-state index in [0.29, 0.717) is 23.7 Å². The molecule has 9 heteroatoms. The van der Waals surface area contributed by atoms with E-state index >= 15 is 0 Å². The molecule has 1 N–H and O–H groups in total. The predicted molar refractivity (Wildman–Crippen MR) is 122 cm³/mol. The van der Waals surface area contributed by atoms with Gasteiger partial charge in [-0.05, 0) is 6.92 Å². The van der Waals surface area contributed by atoms with E-state index in [1.165, 1.54) is 0 Å². The van der Waals surface area contributed by atoms with Gasteiger partial charge in [-0.2, -0.15) is 0 Å². The van der Waals surface area contributed by atoms with E-state index in [4.69, 9.17) is 9.47 Å². The molecule has 1 aliphatic rings. The molecule has 1 aromatic heterocycles. The summed E-state index contributed by atoms with van der Waals surface area (Å²) in [5.74, 6) is 1.30. The fourth-order valence-electron chi connectivity index (χ4n) is 3.86. The summed E-state index contributed by atoms with van der Waals surface area (Å²) in [7, 11) is 1.62. The molecule has 2 aromatic carbocycles. The maximum absolute atomic E-state index is 9.78. The van der Waals surface area contributed by atoms with E-state index in [9.17, 15) is 5.26 Å². The predicted octanol–water partition coefficient (Wildman–Crippen LogP) is 3.18. The Morgan fingerprint density at radius 2 is 1.94 bits per heavy atom. The Morgan fingerprint density at radius 1 is 1.21 bits per heavy atom. The van der Waals surface area contributed by atoms with Crippen molar-refractivity contribution >= 4 is 26.8 Å². The van der Waals surface area contributed by atoms with Crippen LogP contribution in [-0.4, -0.2) is 54.3 Å². The molecule has 0 saturated carbocycles. The number of nitriles is 1. The zero-order valence-electron chi connectivity index (χ0n) is 18.7. The Bertz CT molecular complexity index is 1160. The standard InChI is InChI=1S/C24H24N5O2.V.Y/c1-3-31-23-14-21-20(13-22(23)30-2)24(18(15-25)16-26-21)29-11-9-28(10-12-29)17-27-19-7-5-4-6-8-19;;/h5-8,13-14,16,27H,3,9-12H2,1-2H3;;/q-1;;. The molecule has 2 heterocycles. The zero-order chi connectivity index (χ0) is 22.5. The second kappa shape index (κ2) is 12.0. The van der Waals surface area contributed by atoms with Crippen LogP contribution in [0.1, 0.15) is 12.5 Å². The Balaban J connectivity index is 0.00000306. The Hall–Kier alpha value is -1.94. The first-order chi connectivity index (χ1) is 15.6. The third-order valence-corrected chi connectivity index (χ3v) is 6.03. The summed E-state index contributed by atoms with van der Waals surface area (Å²) in [4.78, 5) is 9.06. The minimum Gasteiger partial charge on any atom is 0 e. The average Bonchev–Trinajstić information content (AvgIpc) is 2.83. The monoisotopic (exact) mass is 554 g/mol. The molecule has 0 bridgehead atoms. The van der Waals surface area contributed by atoms with Crippen LogP contribution < -0.4 is 19.7 Å². The van der Waals surface area contributed by atoms with E-state index in [2.05, 4.69) is 49.2 Å². The number of nitrogens with one attached hydrogen (secondary N) is 1. The van der Waals surface area contributed by atoms with Crippen molar-refractivity contribution in [3.63, 3.8) is 0 Å². The minimum atomic E-state index is 0. The van der Waals surface area contributed by atoms with Crippen LogP contribution in [0, 0.1) is 17.4 Å². The Kier molecular flexibility index (Phi) is 9.31. The van der Waals surface area contributed by atoms with Crippen molar-refractivity contribution in [3.8, 4) is 17.6 Å². The Morgan fingerprint density at radius 3 is 2.58 bits per heavy atom. The second-order valence-corrected chi connectivity index (χ2v) is 7.96. The summed E-state index contributed by atoms with van der Waals surface area (Å²) in [5.41, 5.74) is 3.28. The van der Waals surface area contributed by atoms with Crippen LogP contribution in [0.4, 0.5) is 11.4 Å². The number of rotatable bonds is 7. The SMILES string of the molecule is CCOc1cc2ncc(C#N)c(N3CCN([C](=[V])Nc4cc[c-]cc4)CC3)c2cc1OC.[Y]. The van der Waals surface area contributed by atoms with E-state index in [1.54, 1.807) is 13.3 Å². The number of hydrogen-bond acceptors (Lipinski definition) is 7. The van der Waals surface area contributed by atoms with Crippen molar-refractivity contribution in [2.24, 2.45) is 0 Å². The second-order valence-electron chi connectivity index (χ2n) is 7.30. The largest absolute Gasteiger partial charge is 0 e. The first-order valence-corrected chi connectivity index (χ1v) is 11.2. The van der Waals surface area contributed by atoms with Gasteiger partial charge in [0.1, 0.15) is 0 Å². The number of piperazine rings is 1. The maximum Gasteiger partial charge on any atom is 0 e. The molecule has 33 heavy (non-hydrogen) atoms. The smallest absolute Gasteiger partial charge is 0 e. The van der Waals surface area contributed by atoms with Crippen molar-refractivity contribution in [2.45, 2.75) is 6.92 Å². The molecule has 7 nitrogen and oxygen atoms in total. The van der Waals surface area contributed by atoms with Gasteiger partial charge in [0.05, 0.1) is 0 Å². The van der Waals surface area contributed by atoms with E-state index in [0.717, 1.165) is 52.9 Å². The molecule has 0 amide bonds. The van der Waals surface area contributed by atoms with Crippen LogP contribution in [0.15, 0.2) is 42.6 Å². The Labute approximate surface area is 228 Å². The van der Waals surface area contributed by atoms with Gasteiger partial charge in [0.15, 0.2) is 0 Å². The van der Waals surface area contributed by atoms with Gasteiger partial charge in [0.25, 0.3) is 0 Å². The molecule has 0 spiro atoms. The summed E-state index contributed by atoms with van der Waals surface area (Å²) >= 11 is 2.62. The molecular formula is C24H24N5O2VY-. The zero-order valence-corrected chi connectivity index (χ0v) is 22.9. The molecule has 1 saturated heterocycles. The average molecular weight is 554 g/mol. The first kappa shape index (κ1) is 25.7. The summed E-state index contributed by atoms with van der Waals surface area (Å²) in [6.07, 6.45) is 1.65. The van der Waals surface area contributed by atoms with Crippen molar-refractivity contribution < 1.29 is 59.2 Å². The summed E-state index contributed by atoms with van der Waals surface area (Å²) in [6.45, 7) is 5.71. The number of hydrogen-bond donors (Lipinski definition) is 1. The quantitative estimate of drug-likeness (QED) is 0.450. The van der Waals surface area contributed by atoms with Gasteiger partial charge in [-0.3, -0.25) is 0 Å². The number of fused-ring (bicyclic) bond motifs is 1. The number of aromatic nitrogens is 1. The van der Waals surface area contributed by atoms with Crippen LogP contribution in [0.2, 0.25) is 0 Å². The van der Waals surface area contributed by atoms with Crippen LogP contribution in [-0.2, 0) is 49.7 Å². The number of pyridine rings is 1. The number of benzene rings is 2. The molecule has 166 valence electrons. The fraction of sp³-hybridized carbons (Fsp3) is 0.292. The van der Waals surface area contributed by atoms with Gasteiger partial charge in [0.2, 0.25) is 0 Å². The summed E-state index contributed by atoms with van der Waals surface area (Å²) in [5, 5.41) is 14.1. The molecule has 0 atom stereocenters. The van der Waals surface area contributed by atoms with Crippen molar-refractivity contribution in [3.05, 3.63) is 54.2 Å².